The summed E-state index contributed by atoms with van der Waals surface area (Å²) in [6.45, 7) is 9.23. The molecular formula is C17H36. The molecule has 104 valence electrons. The molecule has 17 heavy (non-hydrogen) atoms. The molecule has 1 aliphatic carbocycles. The van der Waals surface area contributed by atoms with Gasteiger partial charge in [0.1, 0.15) is 0 Å². The van der Waals surface area contributed by atoms with Crippen molar-refractivity contribution in [3.63, 3.8) is 0 Å². The van der Waals surface area contributed by atoms with Crippen molar-refractivity contribution in [1.29, 1.82) is 0 Å². The predicted octanol–water partition coefficient (Wildman–Crippen LogP) is 6.59. The lowest BCUT2D eigenvalue weighted by atomic mass is 9.82. The second-order valence-corrected chi connectivity index (χ2v) is 6.06. The van der Waals surface area contributed by atoms with Crippen LogP contribution in [-0.4, -0.2) is 0 Å². The molecule has 1 aliphatic rings. The molecule has 0 N–H and O–H groups in total. The lowest BCUT2D eigenvalue weighted by molar-refractivity contribution is 0.279. The molecule has 1 fully saturated rings. The molecule has 0 amide bonds. The molecule has 0 unspecified atom stereocenters. The van der Waals surface area contributed by atoms with Crippen LogP contribution in [0.3, 0.4) is 0 Å². The molecule has 0 aromatic rings. The van der Waals surface area contributed by atoms with Crippen LogP contribution in [-0.2, 0) is 0 Å². The average molecular weight is 240 g/mol. The van der Waals surface area contributed by atoms with Gasteiger partial charge in [0.15, 0.2) is 0 Å². The van der Waals surface area contributed by atoms with Gasteiger partial charge in [-0.2, -0.15) is 0 Å². The van der Waals surface area contributed by atoms with Gasteiger partial charge in [-0.1, -0.05) is 98.3 Å². The number of rotatable bonds is 6. The van der Waals surface area contributed by atoms with Crippen LogP contribution < -0.4 is 0 Å². The van der Waals surface area contributed by atoms with E-state index in [1.54, 1.807) is 0 Å². The lowest BCUT2D eigenvalue weighted by Crippen LogP contribution is -2.12. The minimum absolute atomic E-state index is 0.935. The van der Waals surface area contributed by atoms with Gasteiger partial charge in [0.25, 0.3) is 0 Å². The van der Waals surface area contributed by atoms with Gasteiger partial charge in [0, 0.05) is 0 Å². The first kappa shape index (κ1) is 17.0. The van der Waals surface area contributed by atoms with E-state index in [0.29, 0.717) is 0 Å². The first-order valence-electron chi connectivity index (χ1n) is 8.22. The Morgan fingerprint density at radius 3 is 1.53 bits per heavy atom. The van der Waals surface area contributed by atoms with E-state index in [9.17, 15) is 0 Å². The second kappa shape index (κ2) is 12.5. The minimum atomic E-state index is 0.935. The first-order valence-corrected chi connectivity index (χ1v) is 8.22. The molecule has 0 nitrogen and oxygen atoms in total. The summed E-state index contributed by atoms with van der Waals surface area (Å²) < 4.78 is 0. The quantitative estimate of drug-likeness (QED) is 0.459. The second-order valence-electron chi connectivity index (χ2n) is 6.06. The van der Waals surface area contributed by atoms with Gasteiger partial charge in [-0.25, -0.2) is 0 Å². The molecule has 0 radical (unpaired) electrons. The van der Waals surface area contributed by atoms with E-state index in [-0.39, 0.29) is 0 Å². The zero-order chi connectivity index (χ0) is 12.9. The summed E-state index contributed by atoms with van der Waals surface area (Å²) in [6.07, 6.45) is 16.0. The van der Waals surface area contributed by atoms with Crippen LogP contribution in [0.5, 0.6) is 0 Å². The summed E-state index contributed by atoms with van der Waals surface area (Å²) in [4.78, 5) is 0. The predicted molar refractivity (Wildman–Crippen MR) is 80.5 cm³/mol. The van der Waals surface area contributed by atoms with Gasteiger partial charge >= 0.3 is 0 Å². The smallest absolute Gasteiger partial charge is 0.0391 e. The van der Waals surface area contributed by atoms with Crippen LogP contribution in [0.1, 0.15) is 98.3 Å². The summed E-state index contributed by atoms with van der Waals surface area (Å²) >= 11 is 0. The number of hydrogen-bond acceptors (Lipinski definition) is 0. The SMILES string of the molecule is CC(C)C1CCCCC1.CCCCCCCC. The summed E-state index contributed by atoms with van der Waals surface area (Å²) in [6, 6.07) is 0. The van der Waals surface area contributed by atoms with Crippen LogP contribution in [0.2, 0.25) is 0 Å². The van der Waals surface area contributed by atoms with Crippen LogP contribution >= 0.6 is 0 Å². The number of unbranched alkanes of at least 4 members (excludes halogenated alkanes) is 5. The molecule has 0 saturated heterocycles. The van der Waals surface area contributed by atoms with E-state index < -0.39 is 0 Å². The van der Waals surface area contributed by atoms with E-state index in [1.807, 2.05) is 0 Å². The van der Waals surface area contributed by atoms with Gasteiger partial charge < -0.3 is 0 Å². The van der Waals surface area contributed by atoms with E-state index in [1.165, 1.54) is 70.6 Å². The maximum atomic E-state index is 2.36. The third-order valence-corrected chi connectivity index (χ3v) is 4.05. The summed E-state index contributed by atoms with van der Waals surface area (Å²) in [5, 5.41) is 0. The highest BCUT2D eigenvalue weighted by molar-refractivity contribution is 4.67. The highest BCUT2D eigenvalue weighted by atomic mass is 14.2. The van der Waals surface area contributed by atoms with Crippen LogP contribution in [0.25, 0.3) is 0 Å². The van der Waals surface area contributed by atoms with Crippen molar-refractivity contribution in [1.82, 2.24) is 0 Å². The Bertz CT molecular complexity index is 125. The zero-order valence-corrected chi connectivity index (χ0v) is 12.9. The van der Waals surface area contributed by atoms with Crippen molar-refractivity contribution >= 4 is 0 Å². The molecule has 0 atom stereocenters. The molecule has 0 spiro atoms. The average Bonchev–Trinajstić information content (AvgIpc) is 2.37. The molecular weight excluding hydrogens is 204 g/mol. The molecule has 0 bridgehead atoms. The highest BCUT2D eigenvalue weighted by Gasteiger charge is 2.15. The molecule has 1 rings (SSSR count). The van der Waals surface area contributed by atoms with Crippen molar-refractivity contribution < 1.29 is 0 Å². The maximum absolute atomic E-state index is 2.36. The van der Waals surface area contributed by atoms with Gasteiger partial charge in [-0.05, 0) is 11.8 Å². The molecule has 0 aromatic carbocycles. The molecule has 0 heteroatoms. The fourth-order valence-corrected chi connectivity index (χ4v) is 2.65. The van der Waals surface area contributed by atoms with E-state index in [4.69, 9.17) is 0 Å². The third kappa shape index (κ3) is 10.9. The van der Waals surface area contributed by atoms with Crippen molar-refractivity contribution in [2.75, 3.05) is 0 Å². The van der Waals surface area contributed by atoms with Crippen LogP contribution in [0, 0.1) is 11.8 Å². The third-order valence-electron chi connectivity index (χ3n) is 4.05. The van der Waals surface area contributed by atoms with Crippen molar-refractivity contribution in [2.45, 2.75) is 98.3 Å². The Kier molecular flexibility index (Phi) is 12.5. The normalized spacial score (nSPS) is 16.8. The molecule has 0 aromatic heterocycles. The first-order chi connectivity index (χ1) is 8.22. The summed E-state index contributed by atoms with van der Waals surface area (Å²) in [5.41, 5.74) is 0. The fraction of sp³-hybridized carbons (Fsp3) is 1.00. The molecule has 0 aliphatic heterocycles. The van der Waals surface area contributed by atoms with Crippen LogP contribution in [0.4, 0.5) is 0 Å². The van der Waals surface area contributed by atoms with E-state index in [2.05, 4.69) is 27.7 Å². The highest BCUT2D eigenvalue weighted by Crippen LogP contribution is 2.29. The summed E-state index contributed by atoms with van der Waals surface area (Å²) in [7, 11) is 0. The van der Waals surface area contributed by atoms with Crippen LogP contribution in [0.15, 0.2) is 0 Å². The fourth-order valence-electron chi connectivity index (χ4n) is 2.65. The molecule has 1 saturated carbocycles. The van der Waals surface area contributed by atoms with Gasteiger partial charge in [-0.15, -0.1) is 0 Å². The lowest BCUT2D eigenvalue weighted by Gasteiger charge is -2.24. The standard InChI is InChI=1S/C9H18.C8H18/c1-8(2)9-6-4-3-5-7-9;1-3-5-7-8-6-4-2/h8-9H,3-7H2,1-2H3;3-8H2,1-2H3. The van der Waals surface area contributed by atoms with Crippen molar-refractivity contribution in [3.8, 4) is 0 Å². The Morgan fingerprint density at radius 2 is 1.24 bits per heavy atom. The Balaban J connectivity index is 0.000000304. The number of hydrogen-bond donors (Lipinski definition) is 0. The Labute approximate surface area is 111 Å². The Morgan fingerprint density at radius 1 is 0.765 bits per heavy atom. The van der Waals surface area contributed by atoms with E-state index in [0.717, 1.165) is 11.8 Å². The molecule has 0 heterocycles. The maximum Gasteiger partial charge on any atom is -0.0391 e. The van der Waals surface area contributed by atoms with Crippen molar-refractivity contribution in [2.24, 2.45) is 11.8 Å². The topological polar surface area (TPSA) is 0 Å². The van der Waals surface area contributed by atoms with Crippen molar-refractivity contribution in [3.05, 3.63) is 0 Å². The van der Waals surface area contributed by atoms with E-state index >= 15 is 0 Å². The summed E-state index contributed by atoms with van der Waals surface area (Å²) in [5.74, 6) is 1.99. The monoisotopic (exact) mass is 240 g/mol. The Hall–Kier alpha value is 0. The zero-order valence-electron chi connectivity index (χ0n) is 12.9. The largest absolute Gasteiger partial charge is 0.0654 e. The van der Waals surface area contributed by atoms with Gasteiger partial charge in [0.2, 0.25) is 0 Å². The van der Waals surface area contributed by atoms with Gasteiger partial charge in [0.05, 0.1) is 0 Å². The minimum Gasteiger partial charge on any atom is -0.0654 e. The van der Waals surface area contributed by atoms with Gasteiger partial charge in [-0.3, -0.25) is 0 Å².